The van der Waals surface area contributed by atoms with Crippen LogP contribution >= 0.6 is 0 Å². The molecule has 0 aliphatic carbocycles. The second-order valence-electron chi connectivity index (χ2n) is 5.79. The smallest absolute Gasteiger partial charge is 0.339 e. The van der Waals surface area contributed by atoms with Crippen LogP contribution in [0.4, 0.5) is 11.4 Å². The molecule has 0 fully saturated rings. The van der Waals surface area contributed by atoms with Crippen LogP contribution in [0.1, 0.15) is 20.8 Å². The Bertz CT molecular complexity index is 849. The lowest BCUT2D eigenvalue weighted by Crippen LogP contribution is -2.27. The predicted octanol–water partition coefficient (Wildman–Crippen LogP) is 2.40. The molecule has 0 saturated carbocycles. The van der Waals surface area contributed by atoms with Crippen molar-refractivity contribution < 1.29 is 4.92 Å². The van der Waals surface area contributed by atoms with Gasteiger partial charge in [-0.05, 0) is 37.3 Å². The molecule has 0 spiro atoms. The highest BCUT2D eigenvalue weighted by atomic mass is 16.6. The summed E-state index contributed by atoms with van der Waals surface area (Å²) in [5.41, 5.74) is 0.832. The minimum absolute atomic E-state index is 0.117. The summed E-state index contributed by atoms with van der Waals surface area (Å²) in [6.07, 6.45) is 0. The van der Waals surface area contributed by atoms with E-state index in [1.54, 1.807) is 0 Å². The topological polar surface area (TPSA) is 98.2 Å². The summed E-state index contributed by atoms with van der Waals surface area (Å²) in [5.74, 6) is 0. The standard InChI is InChI=1S/C13H14N6O2/c1-13(2,3)14-10-8-6-4-5-7-9(8)18-12(15-16-17-18)11(10)19(20)21/h4-7,14H,1-3H3. The number of hydrogen-bond acceptors (Lipinski definition) is 6. The summed E-state index contributed by atoms with van der Waals surface area (Å²) >= 11 is 0. The van der Waals surface area contributed by atoms with E-state index in [0.29, 0.717) is 11.1 Å². The summed E-state index contributed by atoms with van der Waals surface area (Å²) in [7, 11) is 0. The Morgan fingerprint density at radius 2 is 2.00 bits per heavy atom. The number of nitrogens with one attached hydrogen (secondary N) is 1. The van der Waals surface area contributed by atoms with Crippen molar-refractivity contribution in [3.05, 3.63) is 34.4 Å². The fourth-order valence-corrected chi connectivity index (χ4v) is 2.28. The zero-order valence-electron chi connectivity index (χ0n) is 11.9. The molecule has 0 aliphatic heterocycles. The van der Waals surface area contributed by atoms with Gasteiger partial charge >= 0.3 is 5.69 Å². The van der Waals surface area contributed by atoms with Crippen LogP contribution in [0.2, 0.25) is 0 Å². The molecule has 0 radical (unpaired) electrons. The monoisotopic (exact) mass is 286 g/mol. The van der Waals surface area contributed by atoms with Gasteiger partial charge in [0, 0.05) is 10.9 Å². The Hall–Kier alpha value is -2.77. The normalized spacial score (nSPS) is 12.0. The molecular weight excluding hydrogens is 272 g/mol. The molecule has 3 aromatic rings. The van der Waals surface area contributed by atoms with Crippen molar-refractivity contribution in [1.29, 1.82) is 0 Å². The van der Waals surface area contributed by atoms with Gasteiger partial charge < -0.3 is 5.32 Å². The van der Waals surface area contributed by atoms with E-state index in [1.165, 1.54) is 4.52 Å². The van der Waals surface area contributed by atoms with Crippen molar-refractivity contribution in [2.24, 2.45) is 0 Å². The molecule has 2 heterocycles. The molecule has 8 nitrogen and oxygen atoms in total. The highest BCUT2D eigenvalue weighted by Gasteiger charge is 2.28. The number of nitrogens with zero attached hydrogens (tertiary/aromatic N) is 5. The third-order valence-electron chi connectivity index (χ3n) is 3.00. The molecule has 1 N–H and O–H groups in total. The van der Waals surface area contributed by atoms with Gasteiger partial charge in [-0.15, -0.1) is 5.10 Å². The number of hydrogen-bond donors (Lipinski definition) is 1. The fourth-order valence-electron chi connectivity index (χ4n) is 2.28. The highest BCUT2D eigenvalue weighted by Crippen LogP contribution is 2.37. The number of tetrazole rings is 1. The van der Waals surface area contributed by atoms with Gasteiger partial charge in [-0.2, -0.15) is 4.52 Å². The first-order valence-electron chi connectivity index (χ1n) is 6.44. The van der Waals surface area contributed by atoms with Gasteiger partial charge in [0.2, 0.25) is 0 Å². The summed E-state index contributed by atoms with van der Waals surface area (Å²) in [6, 6.07) is 7.32. The molecule has 1 aromatic carbocycles. The van der Waals surface area contributed by atoms with Crippen molar-refractivity contribution in [1.82, 2.24) is 20.0 Å². The summed E-state index contributed by atoms with van der Waals surface area (Å²) in [5, 5.41) is 26.6. The highest BCUT2D eigenvalue weighted by molar-refractivity contribution is 6.00. The van der Waals surface area contributed by atoms with Gasteiger partial charge in [-0.1, -0.05) is 18.2 Å². The van der Waals surface area contributed by atoms with Gasteiger partial charge in [-0.25, -0.2) is 0 Å². The van der Waals surface area contributed by atoms with Crippen LogP contribution in [0.5, 0.6) is 0 Å². The zero-order valence-corrected chi connectivity index (χ0v) is 11.9. The van der Waals surface area contributed by atoms with E-state index in [0.717, 1.165) is 5.52 Å². The number of aromatic nitrogens is 4. The summed E-state index contributed by atoms with van der Waals surface area (Å²) in [4.78, 5) is 11.1. The molecule has 2 aromatic heterocycles. The molecule has 3 rings (SSSR count). The SMILES string of the molecule is CC(C)(C)Nc1c([N+](=O)[O-])c2nnnn2c2ccccc12. The molecule has 0 aliphatic rings. The molecule has 0 bridgehead atoms. The van der Waals surface area contributed by atoms with Crippen LogP contribution in [0.3, 0.4) is 0 Å². The van der Waals surface area contributed by atoms with Crippen LogP contribution in [0, 0.1) is 10.1 Å². The van der Waals surface area contributed by atoms with Gasteiger partial charge in [0.15, 0.2) is 0 Å². The Kier molecular flexibility index (Phi) is 2.75. The van der Waals surface area contributed by atoms with E-state index >= 15 is 0 Å². The maximum absolute atomic E-state index is 11.5. The number of para-hydroxylation sites is 1. The lowest BCUT2D eigenvalue weighted by atomic mass is 10.1. The molecule has 108 valence electrons. The number of pyridine rings is 1. The number of fused-ring (bicyclic) bond motifs is 3. The summed E-state index contributed by atoms with van der Waals surface area (Å²) in [6.45, 7) is 5.83. The second kappa shape index (κ2) is 4.37. The van der Waals surface area contributed by atoms with Crippen LogP contribution in [-0.2, 0) is 0 Å². The fraction of sp³-hybridized carbons (Fsp3) is 0.308. The number of rotatable bonds is 2. The minimum Gasteiger partial charge on any atom is -0.374 e. The van der Waals surface area contributed by atoms with E-state index in [2.05, 4.69) is 20.8 Å². The maximum atomic E-state index is 11.5. The molecule has 0 amide bonds. The first-order chi connectivity index (χ1) is 9.88. The molecule has 0 saturated heterocycles. The van der Waals surface area contributed by atoms with Gasteiger partial charge in [-0.3, -0.25) is 10.1 Å². The average molecular weight is 286 g/mol. The number of benzene rings is 1. The molecule has 8 heteroatoms. The molecule has 0 unspecified atom stereocenters. The second-order valence-corrected chi connectivity index (χ2v) is 5.79. The summed E-state index contributed by atoms with van der Waals surface area (Å²) < 4.78 is 1.39. The first-order valence-corrected chi connectivity index (χ1v) is 6.44. The third-order valence-corrected chi connectivity index (χ3v) is 3.00. The van der Waals surface area contributed by atoms with Crippen molar-refractivity contribution in [3.8, 4) is 0 Å². The van der Waals surface area contributed by atoms with E-state index in [1.807, 2.05) is 45.0 Å². The lowest BCUT2D eigenvalue weighted by Gasteiger charge is -2.23. The van der Waals surface area contributed by atoms with Crippen LogP contribution in [0.15, 0.2) is 24.3 Å². The molecular formula is C13H14N6O2. The number of anilines is 1. The predicted molar refractivity (Wildman–Crippen MR) is 78.3 cm³/mol. The van der Waals surface area contributed by atoms with Crippen LogP contribution in [-0.4, -0.2) is 30.5 Å². The van der Waals surface area contributed by atoms with E-state index < -0.39 is 4.92 Å². The number of nitro groups is 1. The Morgan fingerprint density at radius 3 is 2.67 bits per heavy atom. The van der Waals surface area contributed by atoms with Crippen molar-refractivity contribution in [2.45, 2.75) is 26.3 Å². The van der Waals surface area contributed by atoms with Gasteiger partial charge in [0.1, 0.15) is 5.69 Å². The molecule has 21 heavy (non-hydrogen) atoms. The van der Waals surface area contributed by atoms with Gasteiger partial charge in [0.25, 0.3) is 5.65 Å². The quantitative estimate of drug-likeness (QED) is 0.573. The van der Waals surface area contributed by atoms with Crippen LogP contribution in [0.25, 0.3) is 16.6 Å². The largest absolute Gasteiger partial charge is 0.374 e. The van der Waals surface area contributed by atoms with E-state index in [-0.39, 0.29) is 16.9 Å². The van der Waals surface area contributed by atoms with E-state index in [4.69, 9.17) is 0 Å². The lowest BCUT2D eigenvalue weighted by molar-refractivity contribution is -0.382. The average Bonchev–Trinajstić information content (AvgIpc) is 2.85. The molecule has 0 atom stereocenters. The maximum Gasteiger partial charge on any atom is 0.339 e. The van der Waals surface area contributed by atoms with E-state index in [9.17, 15) is 10.1 Å². The van der Waals surface area contributed by atoms with Crippen molar-refractivity contribution >= 4 is 27.9 Å². The van der Waals surface area contributed by atoms with Crippen LogP contribution < -0.4 is 5.32 Å². The zero-order chi connectivity index (χ0) is 15.2. The Balaban J connectivity index is 2.49. The third kappa shape index (κ3) is 2.14. The first kappa shape index (κ1) is 13.2. The Labute approximate surface area is 119 Å². The minimum atomic E-state index is -0.452. The van der Waals surface area contributed by atoms with Gasteiger partial charge in [0.05, 0.1) is 10.4 Å². The van der Waals surface area contributed by atoms with Crippen molar-refractivity contribution in [2.75, 3.05) is 5.32 Å². The van der Waals surface area contributed by atoms with Crippen molar-refractivity contribution in [3.63, 3.8) is 0 Å². The Morgan fingerprint density at radius 1 is 1.29 bits per heavy atom.